The van der Waals surface area contributed by atoms with E-state index >= 15 is 0 Å². The number of hydrogen-bond donors (Lipinski definition) is 19. The number of nitrogens with zero attached hydrogens (tertiary/aromatic N) is 7. The van der Waals surface area contributed by atoms with Gasteiger partial charge in [0.2, 0.25) is 0 Å². The molecule has 44 heteroatoms. The summed E-state index contributed by atoms with van der Waals surface area (Å²) >= 11 is 0. The van der Waals surface area contributed by atoms with Gasteiger partial charge in [-0.15, -0.1) is 0 Å². The third kappa shape index (κ3) is 27.9. The molecule has 1 saturated carbocycles. The van der Waals surface area contributed by atoms with Crippen molar-refractivity contribution >= 4 is 46.9 Å². The van der Waals surface area contributed by atoms with Crippen molar-refractivity contribution in [2.75, 3.05) is 137 Å². The second-order valence-corrected chi connectivity index (χ2v) is 36.0. The Bertz CT molecular complexity index is 2250. The number of piperidine rings is 21. The molecule has 0 amide bonds. The Balaban J connectivity index is 0.000000159. The van der Waals surface area contributed by atoms with Gasteiger partial charge in [-0.3, -0.25) is 27.1 Å². The second-order valence-electron chi connectivity index (χ2n) is 28.8. The van der Waals surface area contributed by atoms with Crippen LogP contribution in [-0.4, -0.2) is 346 Å². The van der Waals surface area contributed by atoms with E-state index < -0.39 is 83.6 Å². The normalized spacial score (nSPS) is 42.3. The Morgan fingerprint density at radius 1 is 0.192 bits per heavy atom. The minimum absolute atomic E-state index is 0.00694. The zero-order valence-corrected chi connectivity index (χ0v) is 60.9. The fraction of sp³-hybridized carbons (Fsp3) is 1.00. The fourth-order valence-corrected chi connectivity index (χ4v) is 19.7. The lowest BCUT2D eigenvalue weighted by molar-refractivity contribution is -0.202. The molecule has 7 atom stereocenters. The minimum atomic E-state index is -6.02. The number of rotatable bonds is 12. The van der Waals surface area contributed by atoms with Gasteiger partial charge in [0.15, 0.2) is 0 Å². The van der Waals surface area contributed by atoms with E-state index in [-0.39, 0.29) is 42.7 Å². The van der Waals surface area contributed by atoms with Crippen LogP contribution in [0.3, 0.4) is 0 Å². The van der Waals surface area contributed by atoms with Gasteiger partial charge in [0.25, 0.3) is 0 Å². The Morgan fingerprint density at radius 2 is 0.283 bits per heavy atom. The highest BCUT2D eigenvalue weighted by atomic mass is 31.2. The van der Waals surface area contributed by atoms with Gasteiger partial charge < -0.3 is 129 Å². The zero-order chi connectivity index (χ0) is 72.6. The molecular formula is C55H109N7O31P6. The number of aliphatic hydroxyl groups excluding tert-OH is 7. The molecule has 22 fully saturated rings. The highest BCUT2D eigenvalue weighted by Crippen LogP contribution is 2.57. The molecule has 7 unspecified atom stereocenters. The van der Waals surface area contributed by atoms with Gasteiger partial charge in [-0.1, -0.05) is 0 Å². The van der Waals surface area contributed by atoms with E-state index in [1.807, 2.05) is 0 Å². The van der Waals surface area contributed by atoms with Crippen LogP contribution >= 0.6 is 46.9 Å². The molecule has 580 valence electrons. The van der Waals surface area contributed by atoms with Crippen molar-refractivity contribution in [1.29, 1.82) is 0 Å². The molecular weight excluding hydrogens is 1440 g/mol. The van der Waals surface area contributed by atoms with Crippen molar-refractivity contribution in [3.05, 3.63) is 0 Å². The number of aliphatic hydroxyl groups is 7. The predicted octanol–water partition coefficient (Wildman–Crippen LogP) is -2.62. The van der Waals surface area contributed by atoms with Crippen LogP contribution in [0, 0.1) is 41.4 Å². The molecule has 14 bridgehead atoms. The summed E-state index contributed by atoms with van der Waals surface area (Å²) in [4.78, 5) is 126. The average molecular weight is 1550 g/mol. The SMILES string of the molecule is O=P(O)(O)OC1C(OP(=O)(O)O)C(OP(=O)(O)O)C(OP(=O)(O)O)C(OP(=O)(O)O)C1OP(=O)(O)O.OC1CN2CCC1CC2.OC1CN2CCC1CC2.OC1CN2CCC1CC2.OC1CN2CCC1CC2.OC1CN2CCC1CC2.OC1CN2CCC1CC2.OC1CN2CCC1CC2. The Labute approximate surface area is 576 Å². The lowest BCUT2D eigenvalue weighted by Gasteiger charge is -2.48. The Morgan fingerprint density at radius 3 is 0.323 bits per heavy atom. The average Bonchev–Trinajstić information content (AvgIpc) is 0.743. The summed E-state index contributed by atoms with van der Waals surface area (Å²) in [7, 11) is -36.1. The van der Waals surface area contributed by atoms with Crippen LogP contribution in [0.1, 0.15) is 89.9 Å². The van der Waals surface area contributed by atoms with Gasteiger partial charge in [-0.2, -0.15) is 0 Å². The molecule has 1 aliphatic carbocycles. The summed E-state index contributed by atoms with van der Waals surface area (Å²) in [5.41, 5.74) is 0. The third-order valence-electron chi connectivity index (χ3n) is 21.8. The standard InChI is InChI=1S/7C7H13NO.C6H18O24P6/c7*9-7-5-8-3-1-6(7)2-4-8;7-31(8,9)25-1-2(26-32(10,11)12)4(28-34(16,17)18)6(30-36(22,23)24)5(29-35(19,20)21)3(1)27-33(13,14)15/h7*6-7,9H,1-5H2;1-6H,(H2,7,8,9)(H2,10,11,12)(H2,13,14,15)(H2,16,17,18)(H2,19,20,21)(H2,22,23,24). The van der Waals surface area contributed by atoms with Crippen molar-refractivity contribution in [3.8, 4) is 0 Å². The molecule has 21 saturated heterocycles. The molecule has 19 N–H and O–H groups in total. The van der Waals surface area contributed by atoms with Crippen LogP contribution in [0.15, 0.2) is 0 Å². The predicted molar refractivity (Wildman–Crippen MR) is 348 cm³/mol. The summed E-state index contributed by atoms with van der Waals surface area (Å²) in [6.07, 6.45) is -1.78. The quantitative estimate of drug-likeness (QED) is 0.0890. The van der Waals surface area contributed by atoms with Crippen molar-refractivity contribution in [2.45, 2.75) is 169 Å². The van der Waals surface area contributed by atoms with Gasteiger partial charge >= 0.3 is 46.9 Å². The first-order valence-electron chi connectivity index (χ1n) is 34.4. The summed E-state index contributed by atoms with van der Waals surface area (Å²) in [6, 6.07) is 0. The molecule has 0 spiro atoms. The molecule has 22 rings (SSSR count). The van der Waals surface area contributed by atoms with E-state index in [1.165, 1.54) is 182 Å². The monoisotopic (exact) mass is 1550 g/mol. The van der Waals surface area contributed by atoms with Gasteiger partial charge in [0.1, 0.15) is 36.6 Å². The maximum absolute atomic E-state index is 11.4. The topological polar surface area (TPSA) is 565 Å². The second kappa shape index (κ2) is 37.0. The minimum Gasteiger partial charge on any atom is -0.392 e. The zero-order valence-electron chi connectivity index (χ0n) is 55.5. The highest BCUT2D eigenvalue weighted by Gasteiger charge is 2.63. The van der Waals surface area contributed by atoms with Crippen LogP contribution in [0.25, 0.3) is 0 Å². The first-order chi connectivity index (χ1) is 46.1. The lowest BCUT2D eigenvalue weighted by atomic mass is 9.85. The molecule has 0 aromatic carbocycles. The fourth-order valence-electron chi connectivity index (χ4n) is 16.3. The summed E-state index contributed by atoms with van der Waals surface area (Å²) in [6.45, 7) is 23.7. The van der Waals surface area contributed by atoms with Crippen LogP contribution < -0.4 is 0 Å². The Kier molecular flexibility index (Phi) is 31.7. The number of hydrogen-bond acceptors (Lipinski definition) is 26. The first kappa shape index (κ1) is 84.7. The third-order valence-corrected chi connectivity index (χ3v) is 25.0. The summed E-state index contributed by atoms with van der Waals surface area (Å²) in [5.74, 6) is 4.44. The molecule has 22 aliphatic rings. The summed E-state index contributed by atoms with van der Waals surface area (Å²) in [5, 5.41) is 65.5. The van der Waals surface area contributed by atoms with Crippen molar-refractivity contribution < 1.29 is 149 Å². The van der Waals surface area contributed by atoms with Gasteiger partial charge in [-0.05, 0) is 223 Å². The first-order valence-corrected chi connectivity index (χ1v) is 43.5. The van der Waals surface area contributed by atoms with Crippen LogP contribution in [0.5, 0.6) is 0 Å². The van der Waals surface area contributed by atoms with Crippen molar-refractivity contribution in [3.63, 3.8) is 0 Å². The van der Waals surface area contributed by atoms with Crippen molar-refractivity contribution in [2.24, 2.45) is 41.4 Å². The largest absolute Gasteiger partial charge is 0.470 e. The molecule has 0 radical (unpaired) electrons. The van der Waals surface area contributed by atoms with Crippen LogP contribution in [0.4, 0.5) is 0 Å². The molecule has 99 heavy (non-hydrogen) atoms. The van der Waals surface area contributed by atoms with E-state index in [1.54, 1.807) is 0 Å². The summed E-state index contributed by atoms with van der Waals surface area (Å²) < 4.78 is 93.1. The van der Waals surface area contributed by atoms with Crippen LogP contribution in [-0.2, 0) is 54.5 Å². The van der Waals surface area contributed by atoms with E-state index in [2.05, 4.69) is 61.4 Å². The lowest BCUT2D eigenvalue weighted by Crippen LogP contribution is -2.66. The van der Waals surface area contributed by atoms with Gasteiger partial charge in [-0.25, -0.2) is 27.4 Å². The maximum atomic E-state index is 11.4. The van der Waals surface area contributed by atoms with Crippen molar-refractivity contribution in [1.82, 2.24) is 34.3 Å². The Hall–Kier alpha value is 0.1000. The van der Waals surface area contributed by atoms with Gasteiger partial charge in [0, 0.05) is 45.8 Å². The van der Waals surface area contributed by atoms with Gasteiger partial charge in [0.05, 0.1) is 42.7 Å². The molecule has 38 nitrogen and oxygen atoms in total. The highest BCUT2D eigenvalue weighted by molar-refractivity contribution is 7.47. The van der Waals surface area contributed by atoms with E-state index in [9.17, 15) is 63.1 Å². The smallest absolute Gasteiger partial charge is 0.392 e. The van der Waals surface area contributed by atoms with E-state index in [0.717, 1.165) is 45.8 Å². The number of fused-ring (bicyclic) bond motifs is 21. The molecule has 0 aromatic rings. The van der Waals surface area contributed by atoms with E-state index in [4.69, 9.17) is 58.7 Å². The number of phosphoric acid groups is 6. The van der Waals surface area contributed by atoms with E-state index in [0.29, 0.717) is 41.4 Å². The molecule has 21 heterocycles. The molecule has 21 aliphatic heterocycles. The maximum Gasteiger partial charge on any atom is 0.470 e. The number of phosphoric ester groups is 6. The van der Waals surface area contributed by atoms with Crippen LogP contribution in [0.2, 0.25) is 0 Å². The molecule has 0 aromatic heterocycles.